The molecule has 12 heteroatoms. The number of anilines is 2. The lowest BCUT2D eigenvalue weighted by Crippen LogP contribution is -2.27. The van der Waals surface area contributed by atoms with Gasteiger partial charge in [-0.2, -0.15) is 5.26 Å². The zero-order valence-corrected chi connectivity index (χ0v) is 24.3. The average Bonchev–Trinajstić information content (AvgIpc) is 3.50. The topological polar surface area (TPSA) is 133 Å². The summed E-state index contributed by atoms with van der Waals surface area (Å²) in [7, 11) is 5.70. The Hall–Kier alpha value is -4.50. The summed E-state index contributed by atoms with van der Waals surface area (Å²) in [6.45, 7) is 3.04. The number of hydrogen-bond donors (Lipinski definition) is 3. The number of carbonyl (C=O) groups is 2. The maximum atomic E-state index is 13.3. The van der Waals surface area contributed by atoms with Crippen molar-refractivity contribution in [3.8, 4) is 17.2 Å². The molecule has 4 heterocycles. The number of aromatic nitrogens is 4. The van der Waals surface area contributed by atoms with Gasteiger partial charge in [0.05, 0.1) is 33.3 Å². The molecule has 0 unspecified atom stereocenters. The van der Waals surface area contributed by atoms with E-state index in [1.54, 1.807) is 36.4 Å². The van der Waals surface area contributed by atoms with Crippen LogP contribution in [-0.4, -0.2) is 56.0 Å². The molecule has 2 aromatic carbocycles. The number of fused-ring (bicyclic) bond motifs is 2. The highest BCUT2D eigenvalue weighted by molar-refractivity contribution is 6.36. The zero-order chi connectivity index (χ0) is 29.5. The van der Waals surface area contributed by atoms with Gasteiger partial charge in [-0.3, -0.25) is 9.59 Å². The molecule has 0 fully saturated rings. The third-order valence-electron chi connectivity index (χ3n) is 7.94. The second-order valence-corrected chi connectivity index (χ2v) is 11.0. The van der Waals surface area contributed by atoms with Crippen LogP contribution in [0.25, 0.3) is 11.1 Å². The van der Waals surface area contributed by atoms with E-state index in [0.29, 0.717) is 47.2 Å². The molecule has 0 atom stereocenters. The molecule has 0 aliphatic carbocycles. The number of imidazole rings is 2. The number of nitrogens with one attached hydrogen (secondary N) is 3. The van der Waals surface area contributed by atoms with Crippen LogP contribution < -0.4 is 16.0 Å². The molecular formula is C30H30ClN9O2. The van der Waals surface area contributed by atoms with Gasteiger partial charge in [0.25, 0.3) is 11.8 Å². The summed E-state index contributed by atoms with van der Waals surface area (Å²) < 4.78 is 3.64. The van der Waals surface area contributed by atoms with E-state index >= 15 is 0 Å². The summed E-state index contributed by atoms with van der Waals surface area (Å²) in [5, 5.41) is 19.5. The second-order valence-electron chi connectivity index (χ2n) is 10.6. The summed E-state index contributed by atoms with van der Waals surface area (Å²) in [6.07, 6.45) is 1.61. The lowest BCUT2D eigenvalue weighted by atomic mass is 9.98. The van der Waals surface area contributed by atoms with Crippen LogP contribution in [0.4, 0.5) is 11.4 Å². The van der Waals surface area contributed by atoms with Gasteiger partial charge < -0.3 is 30.0 Å². The van der Waals surface area contributed by atoms with Gasteiger partial charge in [-0.1, -0.05) is 35.9 Å². The van der Waals surface area contributed by atoms with Crippen molar-refractivity contribution in [2.75, 3.05) is 30.8 Å². The molecule has 2 aromatic heterocycles. The van der Waals surface area contributed by atoms with E-state index in [9.17, 15) is 14.9 Å². The molecule has 0 saturated carbocycles. The minimum atomic E-state index is -0.400. The van der Waals surface area contributed by atoms with Crippen LogP contribution in [0, 0.1) is 11.3 Å². The van der Waals surface area contributed by atoms with E-state index in [2.05, 4.69) is 36.9 Å². The fourth-order valence-corrected chi connectivity index (χ4v) is 5.99. The van der Waals surface area contributed by atoms with E-state index in [1.165, 1.54) is 0 Å². The van der Waals surface area contributed by atoms with Gasteiger partial charge in [-0.15, -0.1) is 0 Å². The fraction of sp³-hybridized carbons (Fsp3) is 0.300. The van der Waals surface area contributed by atoms with Gasteiger partial charge >= 0.3 is 0 Å². The molecule has 2 amide bonds. The molecular weight excluding hydrogens is 554 g/mol. The highest BCUT2D eigenvalue weighted by atomic mass is 35.5. The maximum absolute atomic E-state index is 13.3. The summed E-state index contributed by atoms with van der Waals surface area (Å²) in [6, 6.07) is 12.6. The van der Waals surface area contributed by atoms with E-state index in [4.69, 9.17) is 11.6 Å². The van der Waals surface area contributed by atoms with Crippen LogP contribution in [0.5, 0.6) is 0 Å². The number of carbonyl (C=O) groups excluding carboxylic acids is 2. The lowest BCUT2D eigenvalue weighted by molar-refractivity contribution is 0.100. The Kier molecular flexibility index (Phi) is 7.28. The number of benzene rings is 2. The normalized spacial score (nSPS) is 14.5. The minimum Gasteiger partial charge on any atom is -0.327 e. The highest BCUT2D eigenvalue weighted by Gasteiger charge is 2.26. The Morgan fingerprint density at radius 2 is 1.52 bits per heavy atom. The Bertz CT molecular complexity index is 1780. The second kappa shape index (κ2) is 11.1. The molecule has 0 spiro atoms. The summed E-state index contributed by atoms with van der Waals surface area (Å²) >= 11 is 6.82. The van der Waals surface area contributed by atoms with E-state index < -0.39 is 5.91 Å². The predicted octanol–water partition coefficient (Wildman–Crippen LogP) is 3.48. The molecule has 42 heavy (non-hydrogen) atoms. The quantitative estimate of drug-likeness (QED) is 0.327. The first-order chi connectivity index (χ1) is 20.3. The maximum Gasteiger partial charge on any atom is 0.291 e. The average molecular weight is 584 g/mol. The number of halogens is 1. The van der Waals surface area contributed by atoms with Crippen molar-refractivity contribution in [2.45, 2.75) is 25.9 Å². The highest BCUT2D eigenvalue weighted by Crippen LogP contribution is 2.38. The first kappa shape index (κ1) is 27.7. The number of nitriles is 1. The van der Waals surface area contributed by atoms with Gasteiger partial charge in [-0.05, 0) is 19.2 Å². The van der Waals surface area contributed by atoms with Gasteiger partial charge in [0, 0.05) is 75.6 Å². The molecule has 214 valence electrons. The van der Waals surface area contributed by atoms with Crippen molar-refractivity contribution in [1.29, 1.82) is 5.26 Å². The number of nitrogens with zero attached hydrogens (tertiary/aromatic N) is 6. The predicted molar refractivity (Wildman–Crippen MR) is 159 cm³/mol. The largest absolute Gasteiger partial charge is 0.327 e. The Morgan fingerprint density at radius 3 is 2.21 bits per heavy atom. The van der Waals surface area contributed by atoms with E-state index in [0.717, 1.165) is 48.7 Å². The molecule has 0 saturated heterocycles. The Labute approximate surface area is 248 Å². The molecule has 0 bridgehead atoms. The van der Waals surface area contributed by atoms with Crippen molar-refractivity contribution in [3.63, 3.8) is 0 Å². The van der Waals surface area contributed by atoms with Crippen molar-refractivity contribution >= 4 is 34.8 Å². The van der Waals surface area contributed by atoms with Crippen LogP contribution in [0.1, 0.15) is 49.6 Å². The van der Waals surface area contributed by atoms with Gasteiger partial charge in [0.2, 0.25) is 0 Å². The van der Waals surface area contributed by atoms with Crippen molar-refractivity contribution in [1.82, 2.24) is 29.3 Å². The first-order valence-corrected chi connectivity index (χ1v) is 14.1. The number of rotatable bonds is 5. The van der Waals surface area contributed by atoms with Crippen LogP contribution in [-0.2, 0) is 40.0 Å². The molecule has 4 aromatic rings. The Morgan fingerprint density at radius 1 is 0.905 bits per heavy atom. The number of likely N-dealkylation sites (N-methyl/N-ethyl adjacent to an activating group) is 1. The monoisotopic (exact) mass is 583 g/mol. The first-order valence-electron chi connectivity index (χ1n) is 13.7. The van der Waals surface area contributed by atoms with E-state index in [1.807, 2.05) is 30.3 Å². The van der Waals surface area contributed by atoms with Gasteiger partial charge in [0.15, 0.2) is 11.6 Å². The molecule has 2 aliphatic rings. The third-order valence-corrected chi connectivity index (χ3v) is 8.35. The number of amides is 2. The van der Waals surface area contributed by atoms with Crippen LogP contribution in [0.15, 0.2) is 36.4 Å². The summed E-state index contributed by atoms with van der Waals surface area (Å²) in [4.78, 5) is 37.8. The fourth-order valence-electron chi connectivity index (χ4n) is 5.72. The molecule has 2 aliphatic heterocycles. The smallest absolute Gasteiger partial charge is 0.291 e. The van der Waals surface area contributed by atoms with Gasteiger partial charge in [0.1, 0.15) is 6.07 Å². The van der Waals surface area contributed by atoms with Crippen LogP contribution in [0.2, 0.25) is 5.02 Å². The minimum absolute atomic E-state index is 0.249. The standard InChI is InChI=1S/C30H30ClN9O2/c1-38-13-11-25-23(16-38)35-28(40(25)3)29(41)36-20-8-4-6-17(19(20)14-32)18-7-5-9-21(26(18)31)37-30(42)27-34-22-15-33-12-10-24(22)39(27)2/h4-9,33H,10-13,15-16H2,1-3H3,(H,36,41)(H,37,42). The SMILES string of the molecule is CN1CCc2c(nc(C(=O)Nc3cccc(-c4cccc(NC(=O)c5nc6c(n5C)CCNC6)c4Cl)c3C#N)n2C)C1. The van der Waals surface area contributed by atoms with Crippen molar-refractivity contribution < 1.29 is 9.59 Å². The lowest BCUT2D eigenvalue weighted by Gasteiger charge is -2.21. The summed E-state index contributed by atoms with van der Waals surface area (Å²) in [5.74, 6) is -0.186. The molecule has 6 rings (SSSR count). The molecule has 0 radical (unpaired) electrons. The third kappa shape index (κ3) is 4.83. The van der Waals surface area contributed by atoms with Gasteiger partial charge in [-0.25, -0.2) is 9.97 Å². The Balaban J connectivity index is 1.28. The molecule has 3 N–H and O–H groups in total. The van der Waals surface area contributed by atoms with E-state index in [-0.39, 0.29) is 16.5 Å². The van der Waals surface area contributed by atoms with Crippen LogP contribution >= 0.6 is 11.6 Å². The van der Waals surface area contributed by atoms with Crippen LogP contribution in [0.3, 0.4) is 0 Å². The molecule has 11 nitrogen and oxygen atoms in total. The van der Waals surface area contributed by atoms with Crippen molar-refractivity contribution in [3.05, 3.63) is 81.4 Å². The number of hydrogen-bond acceptors (Lipinski definition) is 7. The summed E-state index contributed by atoms with van der Waals surface area (Å²) in [5.41, 5.74) is 5.88. The van der Waals surface area contributed by atoms with Crippen molar-refractivity contribution in [2.24, 2.45) is 14.1 Å². The zero-order valence-electron chi connectivity index (χ0n) is 23.6.